The Morgan fingerprint density at radius 2 is 1.39 bits per heavy atom. The number of hydrazine groups is 1. The third kappa shape index (κ3) is 5.93. The first-order chi connectivity index (χ1) is 13.3. The van der Waals surface area contributed by atoms with Gasteiger partial charge in [-0.3, -0.25) is 41.2 Å². The van der Waals surface area contributed by atoms with Crippen molar-refractivity contribution in [2.75, 3.05) is 5.32 Å². The van der Waals surface area contributed by atoms with Gasteiger partial charge in [0.2, 0.25) is 0 Å². The molecule has 13 heteroatoms. The second-order valence-electron chi connectivity index (χ2n) is 5.11. The zero-order valence-corrected chi connectivity index (χ0v) is 15.5. The molecule has 0 spiro atoms. The third-order valence-corrected chi connectivity index (χ3v) is 3.54. The molecule has 0 aliphatic carbocycles. The number of amides is 1. The van der Waals surface area contributed by atoms with Crippen molar-refractivity contribution < 1.29 is 14.6 Å². The second kappa shape index (κ2) is 9.29. The molecule has 2 rings (SSSR count). The number of nitrogens with zero attached hydrogens (tertiary/aromatic N) is 2. The minimum absolute atomic E-state index is 0.161. The van der Waals surface area contributed by atoms with E-state index in [1.54, 1.807) is 12.1 Å². The molecular weight excluding hydrogens is 408 g/mol. The first-order valence-electron chi connectivity index (χ1n) is 7.43. The van der Waals surface area contributed by atoms with Crippen LogP contribution < -0.4 is 21.5 Å². The number of nitro benzene ring substituents is 2. The van der Waals surface area contributed by atoms with Crippen LogP contribution in [-0.4, -0.2) is 26.0 Å². The van der Waals surface area contributed by atoms with Crippen molar-refractivity contribution in [2.24, 2.45) is 0 Å². The number of hydrogen-bond acceptors (Lipinski definition) is 7. The summed E-state index contributed by atoms with van der Waals surface area (Å²) in [5, 5.41) is 26.8. The molecule has 0 atom stereocenters. The number of nitro groups is 2. The lowest BCUT2D eigenvalue weighted by Crippen LogP contribution is -2.49. The lowest BCUT2D eigenvalue weighted by atomic mass is 10.1. The van der Waals surface area contributed by atoms with Gasteiger partial charge >= 0.3 is 0 Å². The van der Waals surface area contributed by atoms with E-state index in [9.17, 15) is 25.0 Å². The van der Waals surface area contributed by atoms with Gasteiger partial charge in [0.15, 0.2) is 10.2 Å². The average Bonchev–Trinajstić information content (AvgIpc) is 2.66. The minimum atomic E-state index is -0.868. The summed E-state index contributed by atoms with van der Waals surface area (Å²) < 4.78 is 0. The van der Waals surface area contributed by atoms with Crippen LogP contribution in [0.2, 0.25) is 0 Å². The molecule has 0 bridgehead atoms. The standard InChI is InChI=1S/C15H12N6O5S2/c22-13(9-6-11(20(23)24)8-12(7-9)21(25)26)17-15(28)19-18-14(27)16-10-4-2-1-3-5-10/h1-8H,(H2,16,18,27)(H2,17,19,22,28). The number of para-hydroxylation sites is 1. The fourth-order valence-corrected chi connectivity index (χ4v) is 2.25. The maximum absolute atomic E-state index is 12.2. The van der Waals surface area contributed by atoms with Gasteiger partial charge in [-0.1, -0.05) is 18.2 Å². The number of anilines is 1. The fraction of sp³-hybridized carbons (Fsp3) is 0. The van der Waals surface area contributed by atoms with E-state index in [1.807, 2.05) is 18.2 Å². The van der Waals surface area contributed by atoms with Gasteiger partial charge in [0.1, 0.15) is 0 Å². The summed E-state index contributed by atoms with van der Waals surface area (Å²) in [5.41, 5.74) is 4.24. The van der Waals surface area contributed by atoms with Crippen LogP contribution in [0.15, 0.2) is 48.5 Å². The van der Waals surface area contributed by atoms with Crippen molar-refractivity contribution in [3.63, 3.8) is 0 Å². The number of benzene rings is 2. The topological polar surface area (TPSA) is 151 Å². The Balaban J connectivity index is 1.96. The van der Waals surface area contributed by atoms with E-state index in [0.717, 1.165) is 23.9 Å². The van der Waals surface area contributed by atoms with Crippen LogP contribution in [0.25, 0.3) is 0 Å². The Hall–Kier alpha value is -3.71. The van der Waals surface area contributed by atoms with Crippen LogP contribution in [0.4, 0.5) is 17.1 Å². The van der Waals surface area contributed by atoms with Crippen LogP contribution in [-0.2, 0) is 0 Å². The van der Waals surface area contributed by atoms with Gasteiger partial charge < -0.3 is 5.32 Å². The number of carbonyl (C=O) groups is 1. The molecule has 0 unspecified atom stereocenters. The highest BCUT2D eigenvalue weighted by molar-refractivity contribution is 7.80. The molecule has 0 aliphatic heterocycles. The third-order valence-electron chi connectivity index (χ3n) is 3.13. The highest BCUT2D eigenvalue weighted by Gasteiger charge is 2.20. The summed E-state index contributed by atoms with van der Waals surface area (Å²) in [5.74, 6) is -0.868. The van der Waals surface area contributed by atoms with Crippen molar-refractivity contribution in [1.29, 1.82) is 0 Å². The summed E-state index contributed by atoms with van der Waals surface area (Å²) in [6.07, 6.45) is 0. The van der Waals surface area contributed by atoms with E-state index >= 15 is 0 Å². The van der Waals surface area contributed by atoms with Gasteiger partial charge in [0.05, 0.1) is 21.5 Å². The number of rotatable bonds is 4. The number of nitrogens with one attached hydrogen (secondary N) is 4. The molecule has 2 aromatic carbocycles. The quantitative estimate of drug-likeness (QED) is 0.328. The molecule has 1 amide bonds. The molecule has 4 N–H and O–H groups in total. The lowest BCUT2D eigenvalue weighted by Gasteiger charge is -2.13. The van der Waals surface area contributed by atoms with Gasteiger partial charge in [0, 0.05) is 17.8 Å². The normalized spacial score (nSPS) is 9.71. The molecule has 2 aromatic rings. The van der Waals surface area contributed by atoms with Crippen molar-refractivity contribution in [3.05, 3.63) is 74.3 Å². The second-order valence-corrected chi connectivity index (χ2v) is 5.92. The molecule has 0 saturated heterocycles. The minimum Gasteiger partial charge on any atom is -0.331 e. The molecule has 0 aliphatic rings. The molecular formula is C15H12N6O5S2. The van der Waals surface area contributed by atoms with Gasteiger partial charge in [-0.25, -0.2) is 0 Å². The van der Waals surface area contributed by atoms with Crippen LogP contribution in [0.1, 0.15) is 10.4 Å². The Morgan fingerprint density at radius 3 is 1.93 bits per heavy atom. The van der Waals surface area contributed by atoms with Crippen LogP contribution in [0, 0.1) is 20.2 Å². The van der Waals surface area contributed by atoms with E-state index < -0.39 is 27.1 Å². The van der Waals surface area contributed by atoms with E-state index in [1.165, 1.54) is 0 Å². The van der Waals surface area contributed by atoms with E-state index in [-0.39, 0.29) is 15.8 Å². The number of hydrogen-bond donors (Lipinski definition) is 4. The van der Waals surface area contributed by atoms with Gasteiger partial charge in [0.25, 0.3) is 17.3 Å². The lowest BCUT2D eigenvalue weighted by molar-refractivity contribution is -0.394. The molecule has 0 radical (unpaired) electrons. The summed E-state index contributed by atoms with van der Waals surface area (Å²) in [6.45, 7) is 0. The van der Waals surface area contributed by atoms with Crippen molar-refractivity contribution in [2.45, 2.75) is 0 Å². The summed E-state index contributed by atoms with van der Waals surface area (Å²) in [6, 6.07) is 11.6. The Bertz CT molecular complexity index is 921. The largest absolute Gasteiger partial charge is 0.331 e. The van der Waals surface area contributed by atoms with E-state index in [4.69, 9.17) is 24.4 Å². The molecule has 0 saturated carbocycles. The van der Waals surface area contributed by atoms with Crippen molar-refractivity contribution in [1.82, 2.24) is 16.2 Å². The smallest absolute Gasteiger partial charge is 0.277 e. The van der Waals surface area contributed by atoms with Crippen LogP contribution >= 0.6 is 24.4 Å². The zero-order chi connectivity index (χ0) is 20.7. The highest BCUT2D eigenvalue weighted by atomic mass is 32.1. The maximum atomic E-state index is 12.2. The predicted molar refractivity (Wildman–Crippen MR) is 109 cm³/mol. The predicted octanol–water partition coefficient (Wildman–Crippen LogP) is 2.01. The molecule has 11 nitrogen and oxygen atoms in total. The summed E-state index contributed by atoms with van der Waals surface area (Å²) in [7, 11) is 0. The first-order valence-corrected chi connectivity index (χ1v) is 8.25. The van der Waals surface area contributed by atoms with Crippen molar-refractivity contribution >= 4 is 57.6 Å². The highest BCUT2D eigenvalue weighted by Crippen LogP contribution is 2.22. The Kier molecular flexibility index (Phi) is 6.84. The van der Waals surface area contributed by atoms with E-state index in [2.05, 4.69) is 21.5 Å². The SMILES string of the molecule is O=C(NC(=S)NNC(=S)Nc1ccccc1)c1cc([N+](=O)[O-])cc([N+](=O)[O-])c1. The van der Waals surface area contributed by atoms with Gasteiger partial charge in [-0.2, -0.15) is 0 Å². The molecule has 0 heterocycles. The Labute approximate surface area is 168 Å². The van der Waals surface area contributed by atoms with Crippen LogP contribution in [0.3, 0.4) is 0 Å². The van der Waals surface area contributed by atoms with Gasteiger partial charge in [-0.05, 0) is 36.6 Å². The van der Waals surface area contributed by atoms with Gasteiger partial charge in [-0.15, -0.1) is 0 Å². The monoisotopic (exact) mass is 420 g/mol. The summed E-state index contributed by atoms with van der Waals surface area (Å²) >= 11 is 9.97. The maximum Gasteiger partial charge on any atom is 0.277 e. The number of carbonyl (C=O) groups excluding carboxylic acids is 1. The number of non-ortho nitro benzene ring substituents is 2. The first kappa shape index (κ1) is 20.6. The zero-order valence-electron chi connectivity index (χ0n) is 13.9. The number of thiocarbonyl (C=S) groups is 2. The Morgan fingerprint density at radius 1 is 0.857 bits per heavy atom. The van der Waals surface area contributed by atoms with E-state index in [0.29, 0.717) is 0 Å². The molecule has 0 fully saturated rings. The molecule has 144 valence electrons. The van der Waals surface area contributed by atoms with Crippen LogP contribution in [0.5, 0.6) is 0 Å². The average molecular weight is 420 g/mol. The molecule has 0 aromatic heterocycles. The summed E-state index contributed by atoms with van der Waals surface area (Å²) in [4.78, 5) is 32.3. The fourth-order valence-electron chi connectivity index (χ4n) is 1.94. The molecule has 28 heavy (non-hydrogen) atoms. The van der Waals surface area contributed by atoms with Crippen molar-refractivity contribution in [3.8, 4) is 0 Å².